The van der Waals surface area contributed by atoms with E-state index in [0.29, 0.717) is 16.6 Å². The lowest BCUT2D eigenvalue weighted by Gasteiger charge is -2.39. The molecule has 1 fully saturated rings. The molecule has 0 bridgehead atoms. The van der Waals surface area contributed by atoms with Gasteiger partial charge in [-0.3, -0.25) is 9.62 Å². The second kappa shape index (κ2) is 18.8. The number of anilines is 3. The Hall–Kier alpha value is -4.53. The first-order valence-electron chi connectivity index (χ1n) is 20.1. The number of nitrogens with one attached hydrogen (secondary N) is 2. The molecule has 0 amide bonds. The van der Waals surface area contributed by atoms with Gasteiger partial charge >= 0.3 is 0 Å². The summed E-state index contributed by atoms with van der Waals surface area (Å²) in [5.41, 5.74) is 6.71. The number of thioether (sulfide) groups is 1. The van der Waals surface area contributed by atoms with Crippen LogP contribution in [0.2, 0.25) is 5.02 Å². The van der Waals surface area contributed by atoms with Crippen LogP contribution >= 0.6 is 23.4 Å². The molecule has 1 atom stereocenters. The molecule has 2 N–H and O–H groups in total. The number of halogens is 1. The fraction of sp³-hybridized carbons (Fsp3) is 0.378. The molecule has 59 heavy (non-hydrogen) atoms. The monoisotopic (exact) mass is 852 g/mol. The Bertz CT molecular complexity index is 2390. The molecule has 1 aliphatic heterocycles. The summed E-state index contributed by atoms with van der Waals surface area (Å²) in [7, 11) is -0.0978. The Kier molecular flexibility index (Phi) is 13.6. The van der Waals surface area contributed by atoms with E-state index in [1.165, 1.54) is 41.6 Å². The van der Waals surface area contributed by atoms with Gasteiger partial charge in [-0.2, -0.15) is 0 Å². The van der Waals surface area contributed by atoms with Crippen molar-refractivity contribution in [3.63, 3.8) is 0 Å². The number of piperazine rings is 1. The Morgan fingerprint density at radius 3 is 2.44 bits per heavy atom. The quantitative estimate of drug-likeness (QED) is 0.0733. The number of rotatable bonds is 16. The van der Waals surface area contributed by atoms with Crippen LogP contribution in [-0.4, -0.2) is 93.3 Å². The topological polar surface area (TPSA) is 123 Å². The van der Waals surface area contributed by atoms with Crippen LogP contribution in [0.4, 0.5) is 22.9 Å². The Labute approximate surface area is 357 Å². The standard InChI is InChI=1S/C45H53ClN8O3S2/c1-45(2)20-18-39(32-10-12-34(46)13-11-32)33(28-45)29-53-22-24-54(25-23-53)36-14-16-40-42(26-36)47-31-48-44(40)51-59(56,57)38-15-17-41(43(27-38)50-55)49-35(19-21-52(3)4)30-58-37-8-6-5-7-9-37/h5-17,26-27,31,35,49H,18-25,28-30H2,1-4H3,(H,47,48,51)/t35-/m1/s1. The zero-order valence-corrected chi connectivity index (χ0v) is 36.6. The number of hydrogen-bond donors (Lipinski definition) is 2. The van der Waals surface area contributed by atoms with Gasteiger partial charge in [-0.25, -0.2) is 18.4 Å². The molecular formula is C45H53ClN8O3S2. The minimum Gasteiger partial charge on any atom is -0.380 e. The van der Waals surface area contributed by atoms with Gasteiger partial charge in [0.25, 0.3) is 10.0 Å². The summed E-state index contributed by atoms with van der Waals surface area (Å²) in [6, 6.07) is 28.7. The van der Waals surface area contributed by atoms with Gasteiger partial charge in [-0.05, 0) is 129 Å². The number of sulfonamides is 1. The summed E-state index contributed by atoms with van der Waals surface area (Å²) < 4.78 is 30.2. The summed E-state index contributed by atoms with van der Waals surface area (Å²) in [4.78, 5) is 29.0. The first-order valence-corrected chi connectivity index (χ1v) is 23.0. The van der Waals surface area contributed by atoms with E-state index in [-0.39, 0.29) is 27.9 Å². The highest BCUT2D eigenvalue weighted by molar-refractivity contribution is 7.99. The molecule has 1 saturated heterocycles. The Balaban J connectivity index is 1.01. The number of aromatic nitrogens is 2. The van der Waals surface area contributed by atoms with Crippen molar-refractivity contribution in [3.8, 4) is 0 Å². The van der Waals surface area contributed by atoms with Gasteiger partial charge in [0, 0.05) is 65.5 Å². The maximum atomic E-state index is 13.8. The molecule has 5 aromatic rings. The van der Waals surface area contributed by atoms with E-state index in [9.17, 15) is 13.3 Å². The normalized spacial score (nSPS) is 16.7. The number of benzene rings is 4. The van der Waals surface area contributed by atoms with Crippen LogP contribution < -0.4 is 14.9 Å². The van der Waals surface area contributed by atoms with Crippen LogP contribution in [0.3, 0.4) is 0 Å². The zero-order chi connectivity index (χ0) is 41.6. The maximum Gasteiger partial charge on any atom is 0.263 e. The van der Waals surface area contributed by atoms with E-state index >= 15 is 0 Å². The molecule has 4 aromatic carbocycles. The summed E-state index contributed by atoms with van der Waals surface area (Å²) >= 11 is 7.94. The lowest BCUT2D eigenvalue weighted by Crippen LogP contribution is -2.47. The summed E-state index contributed by atoms with van der Waals surface area (Å²) in [5, 5.41) is 8.01. The van der Waals surface area contributed by atoms with Crippen molar-refractivity contribution in [1.82, 2.24) is 19.8 Å². The van der Waals surface area contributed by atoms with Gasteiger partial charge in [0.15, 0.2) is 5.82 Å². The van der Waals surface area contributed by atoms with E-state index in [0.717, 1.165) is 79.9 Å². The molecule has 1 aliphatic carbocycles. The van der Waals surface area contributed by atoms with Crippen molar-refractivity contribution in [1.29, 1.82) is 0 Å². The molecule has 11 nitrogen and oxygen atoms in total. The molecule has 14 heteroatoms. The van der Waals surface area contributed by atoms with Crippen molar-refractivity contribution in [2.45, 2.75) is 55.4 Å². The first-order chi connectivity index (χ1) is 28.4. The van der Waals surface area contributed by atoms with Gasteiger partial charge < -0.3 is 15.1 Å². The molecule has 2 aliphatic rings. The van der Waals surface area contributed by atoms with E-state index in [2.05, 4.69) is 78.0 Å². The highest BCUT2D eigenvalue weighted by Crippen LogP contribution is 2.43. The largest absolute Gasteiger partial charge is 0.380 e. The lowest BCUT2D eigenvalue weighted by atomic mass is 9.73. The average Bonchev–Trinajstić information content (AvgIpc) is 3.22. The summed E-state index contributed by atoms with van der Waals surface area (Å²) in [6.45, 7) is 10.1. The number of nitrogens with zero attached hydrogens (tertiary/aromatic N) is 6. The summed E-state index contributed by atoms with van der Waals surface area (Å²) in [6.07, 6.45) is 5.52. The molecule has 0 spiro atoms. The van der Waals surface area contributed by atoms with Crippen LogP contribution in [0, 0.1) is 10.3 Å². The van der Waals surface area contributed by atoms with Crippen molar-refractivity contribution >= 4 is 72.7 Å². The molecule has 0 saturated carbocycles. The van der Waals surface area contributed by atoms with Gasteiger partial charge in [-0.15, -0.1) is 16.7 Å². The van der Waals surface area contributed by atoms with E-state index in [1.54, 1.807) is 17.8 Å². The highest BCUT2D eigenvalue weighted by Gasteiger charge is 2.30. The molecule has 2 heterocycles. The SMILES string of the molecule is CN(C)CC[C@H](CSc1ccccc1)Nc1ccc(S(=O)(=O)Nc2ncnc3cc(N4CCN(CC5=C(c6ccc(Cl)cc6)CCC(C)(C)C5)CC4)ccc23)cc1N=O. The van der Waals surface area contributed by atoms with Crippen molar-refractivity contribution in [2.75, 3.05) is 74.1 Å². The molecule has 0 unspecified atom stereocenters. The lowest BCUT2D eigenvalue weighted by molar-refractivity contribution is 0.256. The van der Waals surface area contributed by atoms with Crippen LogP contribution in [0.1, 0.15) is 45.1 Å². The predicted molar refractivity (Wildman–Crippen MR) is 245 cm³/mol. The third-order valence-electron chi connectivity index (χ3n) is 11.2. The van der Waals surface area contributed by atoms with Crippen LogP contribution in [-0.2, 0) is 10.0 Å². The van der Waals surface area contributed by atoms with Gasteiger partial charge in [0.2, 0.25) is 0 Å². The van der Waals surface area contributed by atoms with Crippen LogP contribution in [0.25, 0.3) is 16.5 Å². The second-order valence-corrected chi connectivity index (χ2v) is 19.8. The Morgan fingerprint density at radius 2 is 1.71 bits per heavy atom. The minimum absolute atomic E-state index is 0.00522. The van der Waals surface area contributed by atoms with Crippen molar-refractivity contribution < 1.29 is 8.42 Å². The number of nitroso groups, excluding NO2 is 1. The molecule has 1 aromatic heterocycles. The molecule has 310 valence electrons. The van der Waals surface area contributed by atoms with E-state index in [4.69, 9.17) is 11.6 Å². The molecular weight excluding hydrogens is 800 g/mol. The second-order valence-electron chi connectivity index (χ2n) is 16.5. The van der Waals surface area contributed by atoms with E-state index in [1.807, 2.05) is 62.6 Å². The maximum absolute atomic E-state index is 13.8. The van der Waals surface area contributed by atoms with Gasteiger partial charge in [0.05, 0.1) is 16.1 Å². The predicted octanol–water partition coefficient (Wildman–Crippen LogP) is 9.79. The average molecular weight is 854 g/mol. The van der Waals surface area contributed by atoms with Gasteiger partial charge in [-0.1, -0.05) is 61.4 Å². The molecule has 7 rings (SSSR count). The fourth-order valence-electron chi connectivity index (χ4n) is 7.93. The smallest absolute Gasteiger partial charge is 0.263 e. The third-order valence-corrected chi connectivity index (χ3v) is 14.0. The van der Waals surface area contributed by atoms with Crippen molar-refractivity contribution in [3.05, 3.63) is 118 Å². The fourth-order valence-corrected chi connectivity index (χ4v) is 10.1. The number of allylic oxidation sites excluding steroid dienone is 1. The van der Waals surface area contributed by atoms with Crippen molar-refractivity contribution in [2.24, 2.45) is 10.6 Å². The minimum atomic E-state index is -4.13. The summed E-state index contributed by atoms with van der Waals surface area (Å²) in [5.74, 6) is 0.913. The first kappa shape index (κ1) is 42.6. The third kappa shape index (κ3) is 11.0. The number of fused-ring (bicyclic) bond motifs is 1. The van der Waals surface area contributed by atoms with Crippen LogP contribution in [0.5, 0.6) is 0 Å². The number of hydrogen-bond acceptors (Lipinski definition) is 11. The van der Waals surface area contributed by atoms with E-state index < -0.39 is 10.0 Å². The highest BCUT2D eigenvalue weighted by atomic mass is 35.5. The molecule has 0 radical (unpaired) electrons. The zero-order valence-electron chi connectivity index (χ0n) is 34.2. The Morgan fingerprint density at radius 1 is 0.949 bits per heavy atom. The van der Waals surface area contributed by atoms with Crippen LogP contribution in [0.15, 0.2) is 118 Å². The van der Waals surface area contributed by atoms with Gasteiger partial charge in [0.1, 0.15) is 12.0 Å².